The highest BCUT2D eigenvalue weighted by Crippen LogP contribution is 2.16. The molecule has 0 aromatic carbocycles. The maximum Gasteiger partial charge on any atom is 0.270 e. The second-order valence-corrected chi connectivity index (χ2v) is 6.43. The van der Waals surface area contributed by atoms with Gasteiger partial charge in [0.1, 0.15) is 5.69 Å². The van der Waals surface area contributed by atoms with E-state index in [4.69, 9.17) is 0 Å². The highest BCUT2D eigenvalue weighted by molar-refractivity contribution is 7.11. The molecule has 0 aliphatic rings. The molecule has 0 bridgehead atoms. The van der Waals surface area contributed by atoms with Crippen molar-refractivity contribution in [2.45, 2.75) is 33.2 Å². The maximum atomic E-state index is 12.1. The first-order chi connectivity index (χ1) is 10.1. The smallest absolute Gasteiger partial charge is 0.270 e. The number of hydrogen-bond acceptors (Lipinski definition) is 4. The van der Waals surface area contributed by atoms with Crippen molar-refractivity contribution in [2.75, 3.05) is 11.9 Å². The van der Waals surface area contributed by atoms with Crippen molar-refractivity contribution in [1.82, 2.24) is 10.3 Å². The van der Waals surface area contributed by atoms with E-state index >= 15 is 0 Å². The molecule has 1 unspecified atom stereocenters. The third kappa shape index (κ3) is 4.56. The summed E-state index contributed by atoms with van der Waals surface area (Å²) in [5.41, 5.74) is 1.38. The van der Waals surface area contributed by atoms with Gasteiger partial charge in [-0.2, -0.15) is 0 Å². The number of thiophene rings is 1. The van der Waals surface area contributed by atoms with E-state index in [1.807, 2.05) is 19.9 Å². The minimum Gasteiger partial charge on any atom is -0.384 e. The zero-order valence-electron chi connectivity index (χ0n) is 12.6. The minimum atomic E-state index is -0.126. The average Bonchev–Trinajstić information content (AvgIpc) is 2.85. The Morgan fingerprint density at radius 3 is 2.71 bits per heavy atom. The summed E-state index contributed by atoms with van der Waals surface area (Å²) in [4.78, 5) is 18.9. The summed E-state index contributed by atoms with van der Waals surface area (Å²) < 4.78 is 0. The molecular weight excluding hydrogens is 282 g/mol. The summed E-state index contributed by atoms with van der Waals surface area (Å²) in [5, 5.41) is 6.15. The van der Waals surface area contributed by atoms with Crippen molar-refractivity contribution in [3.05, 3.63) is 45.9 Å². The molecule has 112 valence electrons. The van der Waals surface area contributed by atoms with Crippen LogP contribution in [0.2, 0.25) is 0 Å². The van der Waals surface area contributed by atoms with Gasteiger partial charge in [-0.05, 0) is 45.0 Å². The van der Waals surface area contributed by atoms with Gasteiger partial charge in [0.2, 0.25) is 0 Å². The Hall–Kier alpha value is -1.88. The van der Waals surface area contributed by atoms with Crippen molar-refractivity contribution in [2.24, 2.45) is 0 Å². The van der Waals surface area contributed by atoms with Gasteiger partial charge >= 0.3 is 0 Å². The van der Waals surface area contributed by atoms with Gasteiger partial charge in [-0.1, -0.05) is 0 Å². The highest BCUT2D eigenvalue weighted by atomic mass is 32.1. The summed E-state index contributed by atoms with van der Waals surface area (Å²) in [5.74, 6) is -0.126. The molecular formula is C16H21N3OS. The van der Waals surface area contributed by atoms with Crippen LogP contribution in [0.25, 0.3) is 0 Å². The SMILES string of the molecule is CCNc1ccc(C(=O)NC(C)Cc2ccc(C)s2)nc1. The van der Waals surface area contributed by atoms with Crippen LogP contribution in [0.3, 0.4) is 0 Å². The van der Waals surface area contributed by atoms with Crippen molar-refractivity contribution >= 4 is 22.9 Å². The summed E-state index contributed by atoms with van der Waals surface area (Å²) in [7, 11) is 0. The molecule has 0 aliphatic carbocycles. The van der Waals surface area contributed by atoms with Crippen molar-refractivity contribution in [3.63, 3.8) is 0 Å². The Kier molecular flexibility index (Phi) is 5.33. The lowest BCUT2D eigenvalue weighted by molar-refractivity contribution is 0.0935. The first-order valence-electron chi connectivity index (χ1n) is 7.14. The molecule has 2 heterocycles. The number of rotatable bonds is 6. The fourth-order valence-electron chi connectivity index (χ4n) is 2.08. The molecule has 2 N–H and O–H groups in total. The summed E-state index contributed by atoms with van der Waals surface area (Å²) >= 11 is 1.77. The highest BCUT2D eigenvalue weighted by Gasteiger charge is 2.12. The van der Waals surface area contributed by atoms with Crippen LogP contribution < -0.4 is 10.6 Å². The van der Waals surface area contributed by atoms with Crippen molar-refractivity contribution in [1.29, 1.82) is 0 Å². The van der Waals surface area contributed by atoms with Gasteiger partial charge in [0, 0.05) is 28.8 Å². The quantitative estimate of drug-likeness (QED) is 0.861. The lowest BCUT2D eigenvalue weighted by atomic mass is 10.2. The molecule has 1 amide bonds. The Balaban J connectivity index is 1.90. The van der Waals surface area contributed by atoms with Gasteiger partial charge in [-0.3, -0.25) is 4.79 Å². The molecule has 0 aliphatic heterocycles. The van der Waals surface area contributed by atoms with Gasteiger partial charge in [0.05, 0.1) is 11.9 Å². The maximum absolute atomic E-state index is 12.1. The zero-order valence-corrected chi connectivity index (χ0v) is 13.5. The van der Waals surface area contributed by atoms with Crippen LogP contribution >= 0.6 is 11.3 Å². The fraction of sp³-hybridized carbons (Fsp3) is 0.375. The molecule has 0 saturated heterocycles. The van der Waals surface area contributed by atoms with E-state index in [1.54, 1.807) is 23.6 Å². The van der Waals surface area contributed by atoms with Gasteiger partial charge in [-0.25, -0.2) is 4.98 Å². The second kappa shape index (κ2) is 7.22. The predicted molar refractivity (Wildman–Crippen MR) is 88.1 cm³/mol. The molecule has 2 aromatic heterocycles. The topological polar surface area (TPSA) is 54.0 Å². The number of nitrogens with zero attached hydrogens (tertiary/aromatic N) is 1. The summed E-state index contributed by atoms with van der Waals surface area (Å²) in [6.45, 7) is 6.96. The predicted octanol–water partition coefficient (Wildman–Crippen LogP) is 3.24. The summed E-state index contributed by atoms with van der Waals surface area (Å²) in [6, 6.07) is 7.93. The molecule has 2 aromatic rings. The molecule has 5 heteroatoms. The van der Waals surface area contributed by atoms with Crippen LogP contribution in [0, 0.1) is 6.92 Å². The molecule has 2 rings (SSSR count). The van der Waals surface area contributed by atoms with E-state index in [0.29, 0.717) is 5.69 Å². The Bertz CT molecular complexity index is 592. The Morgan fingerprint density at radius 1 is 1.33 bits per heavy atom. The standard InChI is InChI=1S/C16H21N3OS/c1-4-17-13-6-8-15(18-10-13)16(20)19-11(2)9-14-7-5-12(3)21-14/h5-8,10-11,17H,4,9H2,1-3H3,(H,19,20). The van der Waals surface area contributed by atoms with Crippen molar-refractivity contribution in [3.8, 4) is 0 Å². The number of aryl methyl sites for hydroxylation is 1. The zero-order chi connectivity index (χ0) is 15.2. The number of carbonyl (C=O) groups excluding carboxylic acids is 1. The van der Waals surface area contributed by atoms with E-state index in [-0.39, 0.29) is 11.9 Å². The first kappa shape index (κ1) is 15.5. The minimum absolute atomic E-state index is 0.0887. The monoisotopic (exact) mass is 303 g/mol. The van der Waals surface area contributed by atoms with E-state index in [2.05, 4.69) is 34.7 Å². The van der Waals surface area contributed by atoms with Crippen molar-refractivity contribution < 1.29 is 4.79 Å². The van der Waals surface area contributed by atoms with Gasteiger partial charge in [-0.15, -0.1) is 11.3 Å². The largest absolute Gasteiger partial charge is 0.384 e. The number of carbonyl (C=O) groups is 1. The van der Waals surface area contributed by atoms with E-state index in [9.17, 15) is 4.79 Å². The molecule has 4 nitrogen and oxygen atoms in total. The van der Waals surface area contributed by atoms with E-state index in [1.165, 1.54) is 9.75 Å². The van der Waals surface area contributed by atoms with Gasteiger partial charge < -0.3 is 10.6 Å². The fourth-order valence-corrected chi connectivity index (χ4v) is 3.10. The number of amides is 1. The second-order valence-electron chi connectivity index (χ2n) is 5.05. The van der Waals surface area contributed by atoms with Gasteiger partial charge in [0.15, 0.2) is 0 Å². The number of nitrogens with one attached hydrogen (secondary N) is 2. The first-order valence-corrected chi connectivity index (χ1v) is 7.96. The number of pyridine rings is 1. The number of anilines is 1. The number of hydrogen-bond donors (Lipinski definition) is 2. The third-order valence-corrected chi connectivity index (χ3v) is 4.08. The van der Waals surface area contributed by atoms with Crippen LogP contribution in [0.4, 0.5) is 5.69 Å². The summed E-state index contributed by atoms with van der Waals surface area (Å²) in [6.07, 6.45) is 2.53. The van der Waals surface area contributed by atoms with Crippen LogP contribution in [0.15, 0.2) is 30.5 Å². The lowest BCUT2D eigenvalue weighted by Crippen LogP contribution is -2.34. The molecule has 0 spiro atoms. The Labute approximate surface area is 129 Å². The molecule has 0 saturated carbocycles. The number of aromatic nitrogens is 1. The molecule has 1 atom stereocenters. The van der Waals surface area contributed by atoms with Crippen LogP contribution in [0.5, 0.6) is 0 Å². The molecule has 0 fully saturated rings. The molecule has 0 radical (unpaired) electrons. The van der Waals surface area contributed by atoms with Crippen LogP contribution in [-0.4, -0.2) is 23.5 Å². The van der Waals surface area contributed by atoms with E-state index in [0.717, 1.165) is 18.7 Å². The molecule has 21 heavy (non-hydrogen) atoms. The normalized spacial score (nSPS) is 12.0. The van der Waals surface area contributed by atoms with Crippen LogP contribution in [-0.2, 0) is 6.42 Å². The third-order valence-electron chi connectivity index (χ3n) is 3.06. The van der Waals surface area contributed by atoms with Gasteiger partial charge in [0.25, 0.3) is 5.91 Å². The van der Waals surface area contributed by atoms with Crippen LogP contribution in [0.1, 0.15) is 34.1 Å². The Morgan fingerprint density at radius 2 is 2.14 bits per heavy atom. The lowest BCUT2D eigenvalue weighted by Gasteiger charge is -2.12. The van der Waals surface area contributed by atoms with E-state index < -0.39 is 0 Å². The average molecular weight is 303 g/mol.